The van der Waals surface area contributed by atoms with E-state index in [0.29, 0.717) is 44.4 Å². The lowest BCUT2D eigenvalue weighted by molar-refractivity contribution is -0.139. The van der Waals surface area contributed by atoms with Crippen LogP contribution in [-0.4, -0.2) is 54.9 Å². The van der Waals surface area contributed by atoms with Crippen molar-refractivity contribution in [3.63, 3.8) is 0 Å². The van der Waals surface area contributed by atoms with Crippen LogP contribution in [0.25, 0.3) is 0 Å². The summed E-state index contributed by atoms with van der Waals surface area (Å²) in [6, 6.07) is -1.11. The van der Waals surface area contributed by atoms with Crippen LogP contribution in [0, 0.1) is 11.8 Å². The van der Waals surface area contributed by atoms with E-state index in [1.807, 2.05) is 0 Å². The summed E-state index contributed by atoms with van der Waals surface area (Å²) >= 11 is 0. The minimum atomic E-state index is -0.993. The van der Waals surface area contributed by atoms with Crippen LogP contribution in [0.4, 0.5) is 4.79 Å². The van der Waals surface area contributed by atoms with Gasteiger partial charge in [-0.1, -0.05) is 13.8 Å². The SMILES string of the molecule is COCCCC(NC(=O)N1CC(C)CC(C)C1)C(=O)O. The number of carboxylic acid groups (broad SMARTS) is 1. The van der Waals surface area contributed by atoms with Gasteiger partial charge in [0.05, 0.1) is 0 Å². The molecule has 1 heterocycles. The molecule has 1 aliphatic heterocycles. The number of urea groups is 1. The standard InChI is InChI=1S/C14H26N2O4/c1-10-7-11(2)9-16(8-10)14(19)15-12(13(17)18)5-4-6-20-3/h10-12H,4-9H2,1-3H3,(H,15,19)(H,17,18). The van der Waals surface area contributed by atoms with Crippen LogP contribution in [0.3, 0.4) is 0 Å². The van der Waals surface area contributed by atoms with Gasteiger partial charge in [-0.3, -0.25) is 0 Å². The van der Waals surface area contributed by atoms with Gasteiger partial charge in [-0.2, -0.15) is 0 Å². The molecule has 0 aromatic heterocycles. The number of methoxy groups -OCH3 is 1. The smallest absolute Gasteiger partial charge is 0.326 e. The zero-order valence-corrected chi connectivity index (χ0v) is 12.6. The van der Waals surface area contributed by atoms with Gasteiger partial charge in [-0.25, -0.2) is 9.59 Å². The number of ether oxygens (including phenoxy) is 1. The monoisotopic (exact) mass is 286 g/mol. The van der Waals surface area contributed by atoms with Gasteiger partial charge >= 0.3 is 12.0 Å². The van der Waals surface area contributed by atoms with E-state index in [1.54, 1.807) is 12.0 Å². The Morgan fingerprint density at radius 1 is 1.35 bits per heavy atom. The first-order valence-corrected chi connectivity index (χ1v) is 7.21. The minimum absolute atomic E-state index is 0.270. The maximum Gasteiger partial charge on any atom is 0.326 e. The third-order valence-electron chi connectivity index (χ3n) is 3.59. The van der Waals surface area contributed by atoms with Crippen LogP contribution in [-0.2, 0) is 9.53 Å². The van der Waals surface area contributed by atoms with Crippen molar-refractivity contribution in [1.82, 2.24) is 10.2 Å². The first-order chi connectivity index (χ1) is 9.43. The van der Waals surface area contributed by atoms with E-state index in [9.17, 15) is 9.59 Å². The fraction of sp³-hybridized carbons (Fsp3) is 0.857. The highest BCUT2D eigenvalue weighted by Crippen LogP contribution is 2.20. The van der Waals surface area contributed by atoms with Crippen molar-refractivity contribution in [2.45, 2.75) is 39.2 Å². The van der Waals surface area contributed by atoms with Crippen LogP contribution < -0.4 is 5.32 Å². The molecular weight excluding hydrogens is 260 g/mol. The molecular formula is C14H26N2O4. The van der Waals surface area contributed by atoms with Crippen molar-refractivity contribution in [2.24, 2.45) is 11.8 Å². The zero-order chi connectivity index (χ0) is 15.1. The Bertz CT molecular complexity index is 325. The predicted molar refractivity (Wildman–Crippen MR) is 75.6 cm³/mol. The van der Waals surface area contributed by atoms with E-state index in [0.717, 1.165) is 6.42 Å². The van der Waals surface area contributed by atoms with E-state index >= 15 is 0 Å². The second kappa shape index (κ2) is 8.09. The normalized spacial score (nSPS) is 24.2. The minimum Gasteiger partial charge on any atom is -0.480 e. The molecule has 6 nitrogen and oxygen atoms in total. The molecule has 3 unspecified atom stereocenters. The molecule has 0 aliphatic carbocycles. The average molecular weight is 286 g/mol. The number of carboxylic acids is 1. The van der Waals surface area contributed by atoms with Gasteiger partial charge < -0.3 is 20.1 Å². The molecule has 1 fully saturated rings. The number of likely N-dealkylation sites (tertiary alicyclic amines) is 1. The molecule has 1 saturated heterocycles. The summed E-state index contributed by atoms with van der Waals surface area (Å²) in [5.74, 6) is -0.0740. The van der Waals surface area contributed by atoms with Crippen molar-refractivity contribution in [3.05, 3.63) is 0 Å². The molecule has 0 radical (unpaired) electrons. The Balaban J connectivity index is 2.50. The molecule has 0 saturated carbocycles. The molecule has 1 rings (SSSR count). The Kier molecular flexibility index (Phi) is 6.78. The molecule has 0 aromatic carbocycles. The summed E-state index contributed by atoms with van der Waals surface area (Å²) in [6.45, 7) is 6.12. The quantitative estimate of drug-likeness (QED) is 0.726. The van der Waals surface area contributed by atoms with Crippen molar-refractivity contribution < 1.29 is 19.4 Å². The van der Waals surface area contributed by atoms with E-state index in [4.69, 9.17) is 9.84 Å². The van der Waals surface area contributed by atoms with Gasteiger partial charge in [0.15, 0.2) is 0 Å². The van der Waals surface area contributed by atoms with E-state index in [2.05, 4.69) is 19.2 Å². The summed E-state index contributed by atoms with van der Waals surface area (Å²) in [5, 5.41) is 11.8. The van der Waals surface area contributed by atoms with Crippen molar-refractivity contribution in [1.29, 1.82) is 0 Å². The number of nitrogens with one attached hydrogen (secondary N) is 1. The summed E-state index contributed by atoms with van der Waals surface area (Å²) < 4.78 is 4.91. The number of amides is 2. The van der Waals surface area contributed by atoms with Gasteiger partial charge in [0.25, 0.3) is 0 Å². The van der Waals surface area contributed by atoms with E-state index in [1.165, 1.54) is 0 Å². The highest BCUT2D eigenvalue weighted by atomic mass is 16.5. The molecule has 0 aromatic rings. The Hall–Kier alpha value is -1.30. The molecule has 3 atom stereocenters. The first kappa shape index (κ1) is 16.8. The lowest BCUT2D eigenvalue weighted by Gasteiger charge is -2.35. The van der Waals surface area contributed by atoms with Crippen molar-refractivity contribution in [3.8, 4) is 0 Å². The highest BCUT2D eigenvalue weighted by Gasteiger charge is 2.28. The Labute approximate surface area is 120 Å². The molecule has 6 heteroatoms. The maximum absolute atomic E-state index is 12.2. The third kappa shape index (κ3) is 5.36. The molecule has 1 aliphatic rings. The summed E-state index contributed by atoms with van der Waals surface area (Å²) in [4.78, 5) is 25.1. The van der Waals surface area contributed by atoms with Gasteiger partial charge in [0, 0.05) is 26.8 Å². The molecule has 116 valence electrons. The molecule has 20 heavy (non-hydrogen) atoms. The fourth-order valence-electron chi connectivity index (χ4n) is 2.76. The number of aliphatic carboxylic acids is 1. The number of rotatable bonds is 6. The molecule has 0 spiro atoms. The van der Waals surface area contributed by atoms with Crippen LogP contribution >= 0.6 is 0 Å². The third-order valence-corrected chi connectivity index (χ3v) is 3.59. The summed E-state index contributed by atoms with van der Waals surface area (Å²) in [6.07, 6.45) is 2.11. The summed E-state index contributed by atoms with van der Waals surface area (Å²) in [7, 11) is 1.57. The van der Waals surface area contributed by atoms with Gasteiger partial charge in [0.2, 0.25) is 0 Å². The van der Waals surface area contributed by atoms with E-state index in [-0.39, 0.29) is 6.03 Å². The van der Waals surface area contributed by atoms with Crippen molar-refractivity contribution >= 4 is 12.0 Å². The average Bonchev–Trinajstić information content (AvgIpc) is 2.36. The second-order valence-electron chi connectivity index (χ2n) is 5.83. The number of hydrogen-bond acceptors (Lipinski definition) is 3. The Morgan fingerprint density at radius 3 is 2.45 bits per heavy atom. The van der Waals surface area contributed by atoms with Gasteiger partial charge in [-0.05, 0) is 31.1 Å². The first-order valence-electron chi connectivity index (χ1n) is 7.21. The number of carbonyl (C=O) groups is 2. The van der Waals surface area contributed by atoms with Crippen LogP contribution in [0.1, 0.15) is 33.1 Å². The second-order valence-corrected chi connectivity index (χ2v) is 5.83. The molecule has 0 bridgehead atoms. The molecule has 2 N–H and O–H groups in total. The number of carbonyl (C=O) groups excluding carboxylic acids is 1. The fourth-order valence-corrected chi connectivity index (χ4v) is 2.76. The topological polar surface area (TPSA) is 78.9 Å². The largest absolute Gasteiger partial charge is 0.480 e. The lowest BCUT2D eigenvalue weighted by atomic mass is 9.92. The van der Waals surface area contributed by atoms with Crippen LogP contribution in [0.5, 0.6) is 0 Å². The lowest BCUT2D eigenvalue weighted by Crippen LogP contribution is -2.52. The summed E-state index contributed by atoms with van der Waals surface area (Å²) in [5.41, 5.74) is 0. The van der Waals surface area contributed by atoms with E-state index < -0.39 is 12.0 Å². The van der Waals surface area contributed by atoms with Gasteiger partial charge in [0.1, 0.15) is 6.04 Å². The highest BCUT2D eigenvalue weighted by molar-refractivity contribution is 5.82. The van der Waals surface area contributed by atoms with Crippen molar-refractivity contribution in [2.75, 3.05) is 26.8 Å². The van der Waals surface area contributed by atoms with Crippen LogP contribution in [0.2, 0.25) is 0 Å². The number of hydrogen-bond donors (Lipinski definition) is 2. The number of nitrogens with zero attached hydrogens (tertiary/aromatic N) is 1. The number of piperidine rings is 1. The van der Waals surface area contributed by atoms with Gasteiger partial charge in [-0.15, -0.1) is 0 Å². The van der Waals surface area contributed by atoms with Crippen LogP contribution in [0.15, 0.2) is 0 Å². The molecule has 2 amide bonds. The predicted octanol–water partition coefficient (Wildman–Crippen LogP) is 1.55. The maximum atomic E-state index is 12.2. The zero-order valence-electron chi connectivity index (χ0n) is 12.6. The Morgan fingerprint density at radius 2 is 1.95 bits per heavy atom.